The topological polar surface area (TPSA) is 202 Å². The number of nitrogens with one attached hydrogen (secondary N) is 3. The lowest BCUT2D eigenvalue weighted by molar-refractivity contribution is -0.193. The second kappa shape index (κ2) is 17.9. The van der Waals surface area contributed by atoms with Crippen LogP contribution in [-0.2, 0) is 27.3 Å². The summed E-state index contributed by atoms with van der Waals surface area (Å²) >= 11 is 0. The largest absolute Gasteiger partial charge is 0.490 e. The van der Waals surface area contributed by atoms with Gasteiger partial charge in [0.1, 0.15) is 0 Å². The zero-order valence-electron chi connectivity index (χ0n) is 26.9. The first-order valence-corrected chi connectivity index (χ1v) is 14.9. The van der Waals surface area contributed by atoms with Gasteiger partial charge in [-0.2, -0.15) is 26.3 Å². The van der Waals surface area contributed by atoms with Crippen molar-refractivity contribution in [1.29, 1.82) is 0 Å². The molecule has 2 amide bonds. The second-order valence-electron chi connectivity index (χ2n) is 10.1. The standard InChI is InChI=1S/C27H33N5O4.2C2HF3O2/c1-4-17-16(14-31-27(34)21-10-11-29-21)8-7-9-20(17)32-25-18-12-23(35-5-2)24(36-6-3)13-22(18)30-15-19(25)26(28)33;2*3-2(4,5)1(6)7/h7-9,12-13,15,21,29H,4-6,10-11,14H2,1-3H3,(H2,28,33)(H,30,32)(H,31,34);2*(H,6,7)/t21-;;/m0../s1. The van der Waals surface area contributed by atoms with Crippen LogP contribution < -0.4 is 31.2 Å². The van der Waals surface area contributed by atoms with Gasteiger partial charge < -0.3 is 41.4 Å². The highest BCUT2D eigenvalue weighted by molar-refractivity contribution is 6.08. The van der Waals surface area contributed by atoms with E-state index in [9.17, 15) is 35.9 Å². The number of nitrogens with two attached hydrogens (primary N) is 1. The Morgan fingerprint density at radius 2 is 1.50 bits per heavy atom. The van der Waals surface area contributed by atoms with Crippen molar-refractivity contribution in [3.05, 3.63) is 53.2 Å². The van der Waals surface area contributed by atoms with Crippen LogP contribution in [0.3, 0.4) is 0 Å². The molecule has 274 valence electrons. The number of carbonyl (C=O) groups is 4. The number of carboxylic acids is 2. The van der Waals surface area contributed by atoms with E-state index >= 15 is 0 Å². The third-order valence-electron chi connectivity index (χ3n) is 6.76. The molecule has 0 aliphatic carbocycles. The molecule has 1 aliphatic heterocycles. The van der Waals surface area contributed by atoms with Crippen LogP contribution in [0.4, 0.5) is 37.7 Å². The number of aliphatic carboxylic acids is 2. The predicted octanol–water partition coefficient (Wildman–Crippen LogP) is 4.68. The number of fused-ring (bicyclic) bond motifs is 1. The first-order chi connectivity index (χ1) is 23.3. The fourth-order valence-electron chi connectivity index (χ4n) is 4.35. The second-order valence-corrected chi connectivity index (χ2v) is 10.1. The summed E-state index contributed by atoms with van der Waals surface area (Å²) in [5.74, 6) is -4.94. The van der Waals surface area contributed by atoms with Gasteiger partial charge in [0.2, 0.25) is 5.91 Å². The lowest BCUT2D eigenvalue weighted by atomic mass is 10.0. The van der Waals surface area contributed by atoms with Crippen LogP contribution in [0.1, 0.15) is 48.7 Å². The number of nitrogens with zero attached hydrogens (tertiary/aromatic N) is 1. The van der Waals surface area contributed by atoms with Crippen molar-refractivity contribution in [3.8, 4) is 11.5 Å². The Kier molecular flexibility index (Phi) is 14.6. The quantitative estimate of drug-likeness (QED) is 0.150. The highest BCUT2D eigenvalue weighted by Gasteiger charge is 2.39. The van der Waals surface area contributed by atoms with Crippen molar-refractivity contribution in [2.45, 2.75) is 58.6 Å². The fraction of sp³-hybridized carbons (Fsp3) is 0.387. The Hall–Kier alpha value is -5.33. The molecule has 1 fully saturated rings. The number of anilines is 2. The number of pyridine rings is 1. The maximum atomic E-state index is 12.4. The van der Waals surface area contributed by atoms with Crippen molar-refractivity contribution in [3.63, 3.8) is 0 Å². The SMILES string of the molecule is CCOc1cc2ncc(C(N)=O)c(Nc3cccc(CNC(=O)[C@@H]4CCN4)c3CC)c2cc1OCC.O=C(O)C(F)(F)F.O=C(O)C(F)(F)F. The van der Waals surface area contributed by atoms with E-state index in [1.54, 1.807) is 6.07 Å². The summed E-state index contributed by atoms with van der Waals surface area (Å²) in [6, 6.07) is 9.40. The van der Waals surface area contributed by atoms with Gasteiger partial charge in [-0.3, -0.25) is 14.6 Å². The molecule has 1 atom stereocenters. The minimum atomic E-state index is -5.08. The van der Waals surface area contributed by atoms with E-state index in [1.807, 2.05) is 38.1 Å². The number of alkyl halides is 6. The summed E-state index contributed by atoms with van der Waals surface area (Å²) in [4.78, 5) is 46.9. The van der Waals surface area contributed by atoms with E-state index in [4.69, 9.17) is 35.0 Å². The van der Waals surface area contributed by atoms with Gasteiger partial charge in [-0.1, -0.05) is 19.1 Å². The van der Waals surface area contributed by atoms with Crippen LogP contribution in [0.15, 0.2) is 36.5 Å². The van der Waals surface area contributed by atoms with Crippen molar-refractivity contribution in [2.24, 2.45) is 5.73 Å². The molecular formula is C31H35F6N5O8. The lowest BCUT2D eigenvalue weighted by Gasteiger charge is -2.26. The molecule has 7 N–H and O–H groups in total. The number of hydrogen-bond donors (Lipinski definition) is 6. The zero-order valence-corrected chi connectivity index (χ0v) is 26.9. The van der Waals surface area contributed by atoms with Gasteiger partial charge in [-0.25, -0.2) is 9.59 Å². The van der Waals surface area contributed by atoms with E-state index < -0.39 is 30.2 Å². The lowest BCUT2D eigenvalue weighted by Crippen LogP contribution is -2.53. The maximum Gasteiger partial charge on any atom is 0.490 e. The average molecular weight is 720 g/mol. The minimum absolute atomic E-state index is 0.00589. The monoisotopic (exact) mass is 719 g/mol. The molecule has 0 spiro atoms. The summed E-state index contributed by atoms with van der Waals surface area (Å²) in [6.45, 7) is 8.09. The molecule has 0 radical (unpaired) electrons. The van der Waals surface area contributed by atoms with Crippen LogP contribution >= 0.6 is 0 Å². The first-order valence-electron chi connectivity index (χ1n) is 14.9. The van der Waals surface area contributed by atoms with Gasteiger partial charge in [-0.05, 0) is 56.5 Å². The summed E-state index contributed by atoms with van der Waals surface area (Å²) in [6.07, 6.45) is -7.11. The Morgan fingerprint density at radius 1 is 0.960 bits per heavy atom. The van der Waals surface area contributed by atoms with E-state index in [-0.39, 0.29) is 17.5 Å². The number of hydrogen-bond acceptors (Lipinski definition) is 9. The van der Waals surface area contributed by atoms with Gasteiger partial charge in [0, 0.05) is 29.9 Å². The van der Waals surface area contributed by atoms with Crippen molar-refractivity contribution < 1.29 is 65.2 Å². The number of aromatic nitrogens is 1. The number of rotatable bonds is 11. The summed E-state index contributed by atoms with van der Waals surface area (Å²) in [5.41, 5.74) is 10.1. The van der Waals surface area contributed by atoms with Gasteiger partial charge in [0.25, 0.3) is 5.91 Å². The van der Waals surface area contributed by atoms with Gasteiger partial charge in [0.05, 0.1) is 36.0 Å². The van der Waals surface area contributed by atoms with E-state index in [0.717, 1.165) is 36.2 Å². The molecule has 0 saturated carbocycles. The summed E-state index contributed by atoms with van der Waals surface area (Å²) in [7, 11) is 0. The van der Waals surface area contributed by atoms with Gasteiger partial charge in [-0.15, -0.1) is 0 Å². The average Bonchev–Trinajstić information content (AvgIpc) is 2.99. The molecule has 2 heterocycles. The van der Waals surface area contributed by atoms with Crippen LogP contribution in [0.2, 0.25) is 0 Å². The normalized spacial score (nSPS) is 13.7. The Labute approximate surface area is 281 Å². The Bertz CT molecular complexity index is 1660. The Morgan fingerprint density at radius 3 is 1.94 bits per heavy atom. The third kappa shape index (κ3) is 11.4. The number of carboxylic acid groups (broad SMARTS) is 2. The van der Waals surface area contributed by atoms with Gasteiger partial charge in [0.15, 0.2) is 11.5 Å². The smallest absolute Gasteiger partial charge is 0.490 e. The fourth-order valence-corrected chi connectivity index (χ4v) is 4.35. The highest BCUT2D eigenvalue weighted by atomic mass is 19.4. The zero-order chi connectivity index (χ0) is 37.8. The number of benzene rings is 2. The summed E-state index contributed by atoms with van der Waals surface area (Å²) < 4.78 is 75.0. The molecule has 19 heteroatoms. The van der Waals surface area contributed by atoms with Gasteiger partial charge >= 0.3 is 24.3 Å². The molecular weight excluding hydrogens is 684 g/mol. The summed E-state index contributed by atoms with van der Waals surface area (Å²) in [5, 5.41) is 24.5. The third-order valence-corrected chi connectivity index (χ3v) is 6.76. The number of primary amides is 1. The number of carbonyl (C=O) groups excluding carboxylic acids is 2. The van der Waals surface area contributed by atoms with E-state index in [1.165, 1.54) is 6.20 Å². The molecule has 0 bridgehead atoms. The van der Waals surface area contributed by atoms with Crippen LogP contribution in [0.25, 0.3) is 10.9 Å². The predicted molar refractivity (Wildman–Crippen MR) is 167 cm³/mol. The van der Waals surface area contributed by atoms with Crippen LogP contribution in [-0.4, -0.2) is 77.1 Å². The first kappa shape index (κ1) is 40.8. The molecule has 50 heavy (non-hydrogen) atoms. The molecule has 2 aromatic carbocycles. The number of halogens is 6. The van der Waals surface area contributed by atoms with Crippen molar-refractivity contribution in [2.75, 3.05) is 25.1 Å². The van der Waals surface area contributed by atoms with E-state index in [2.05, 4.69) is 27.9 Å². The highest BCUT2D eigenvalue weighted by Crippen LogP contribution is 2.38. The number of ether oxygens (including phenoxy) is 2. The number of amides is 2. The molecule has 1 aromatic heterocycles. The van der Waals surface area contributed by atoms with Crippen molar-refractivity contribution >= 4 is 46.0 Å². The van der Waals surface area contributed by atoms with Crippen molar-refractivity contribution in [1.82, 2.24) is 15.6 Å². The Balaban J connectivity index is 0.000000521. The molecule has 13 nitrogen and oxygen atoms in total. The molecule has 1 saturated heterocycles. The molecule has 1 aliphatic rings. The maximum absolute atomic E-state index is 12.4. The molecule has 0 unspecified atom stereocenters. The molecule has 3 aromatic rings. The molecule has 4 rings (SSSR count). The van der Waals surface area contributed by atoms with Crippen LogP contribution in [0, 0.1) is 0 Å². The van der Waals surface area contributed by atoms with E-state index in [0.29, 0.717) is 47.8 Å². The van der Waals surface area contributed by atoms with Crippen LogP contribution in [0.5, 0.6) is 11.5 Å². The minimum Gasteiger partial charge on any atom is -0.490 e.